The minimum atomic E-state index is -0.837. The van der Waals surface area contributed by atoms with Crippen molar-refractivity contribution in [2.45, 2.75) is 38.6 Å². The lowest BCUT2D eigenvalue weighted by Crippen LogP contribution is -2.43. The van der Waals surface area contributed by atoms with Gasteiger partial charge < -0.3 is 16.2 Å². The number of ether oxygens (including phenoxy) is 1. The SMILES string of the molecule is Cc1c(OC(N)=O)cn2c(-c3ccccc3)c(-c3ccc(C4(N)CCC4)cc3)nc2c1C. The molecule has 4 N–H and O–H groups in total. The Morgan fingerprint density at radius 1 is 1.00 bits per heavy atom. The van der Waals surface area contributed by atoms with Crippen LogP contribution in [-0.2, 0) is 5.54 Å². The number of carbonyl (C=O) groups excluding carboxylic acids is 1. The summed E-state index contributed by atoms with van der Waals surface area (Å²) in [5.41, 5.74) is 19.2. The van der Waals surface area contributed by atoms with Gasteiger partial charge in [0.15, 0.2) is 5.75 Å². The fraction of sp³-hybridized carbons (Fsp3) is 0.231. The Morgan fingerprint density at radius 2 is 1.69 bits per heavy atom. The molecule has 162 valence electrons. The second-order valence-corrected chi connectivity index (χ2v) is 8.62. The van der Waals surface area contributed by atoms with Gasteiger partial charge in [0.2, 0.25) is 0 Å². The maximum Gasteiger partial charge on any atom is 0.410 e. The highest BCUT2D eigenvalue weighted by atomic mass is 16.5. The second kappa shape index (κ2) is 7.50. The number of nitrogens with two attached hydrogens (primary N) is 2. The van der Waals surface area contributed by atoms with E-state index >= 15 is 0 Å². The van der Waals surface area contributed by atoms with Crippen LogP contribution in [0.1, 0.15) is 36.0 Å². The first-order chi connectivity index (χ1) is 15.4. The highest BCUT2D eigenvalue weighted by Crippen LogP contribution is 2.40. The molecule has 6 heteroatoms. The number of amides is 1. The Hall–Kier alpha value is -3.64. The molecule has 0 spiro atoms. The van der Waals surface area contributed by atoms with E-state index in [0.29, 0.717) is 5.75 Å². The number of fused-ring (bicyclic) bond motifs is 1. The predicted molar refractivity (Wildman–Crippen MR) is 125 cm³/mol. The van der Waals surface area contributed by atoms with E-state index in [1.165, 1.54) is 12.0 Å². The number of imidazole rings is 1. The van der Waals surface area contributed by atoms with Crippen LogP contribution in [0.3, 0.4) is 0 Å². The smallest absolute Gasteiger partial charge is 0.409 e. The van der Waals surface area contributed by atoms with Gasteiger partial charge in [-0.3, -0.25) is 4.40 Å². The first-order valence-electron chi connectivity index (χ1n) is 10.8. The molecule has 0 saturated heterocycles. The van der Waals surface area contributed by atoms with Crippen molar-refractivity contribution in [3.05, 3.63) is 77.5 Å². The summed E-state index contributed by atoms with van der Waals surface area (Å²) < 4.78 is 7.27. The fourth-order valence-electron chi connectivity index (χ4n) is 4.48. The Labute approximate surface area is 186 Å². The quantitative estimate of drug-likeness (QED) is 0.476. The zero-order valence-electron chi connectivity index (χ0n) is 18.3. The van der Waals surface area contributed by atoms with Gasteiger partial charge in [-0.1, -0.05) is 54.6 Å². The van der Waals surface area contributed by atoms with E-state index in [9.17, 15) is 4.79 Å². The molecule has 2 aromatic heterocycles. The average Bonchev–Trinajstić information content (AvgIpc) is 3.15. The van der Waals surface area contributed by atoms with Gasteiger partial charge in [-0.2, -0.15) is 0 Å². The van der Waals surface area contributed by atoms with Gasteiger partial charge in [0, 0.05) is 22.2 Å². The van der Waals surface area contributed by atoms with Crippen molar-refractivity contribution < 1.29 is 9.53 Å². The van der Waals surface area contributed by atoms with E-state index in [2.05, 4.69) is 24.3 Å². The van der Waals surface area contributed by atoms with Crippen LogP contribution < -0.4 is 16.2 Å². The lowest BCUT2D eigenvalue weighted by atomic mass is 9.72. The van der Waals surface area contributed by atoms with Crippen LogP contribution in [0.4, 0.5) is 4.79 Å². The Balaban J connectivity index is 1.73. The average molecular weight is 427 g/mol. The molecule has 0 radical (unpaired) electrons. The molecule has 1 saturated carbocycles. The van der Waals surface area contributed by atoms with Crippen molar-refractivity contribution in [2.24, 2.45) is 11.5 Å². The minimum Gasteiger partial charge on any atom is -0.409 e. The minimum absolute atomic E-state index is 0.200. The van der Waals surface area contributed by atoms with Gasteiger partial charge >= 0.3 is 6.09 Å². The summed E-state index contributed by atoms with van der Waals surface area (Å²) in [5, 5.41) is 0. The molecule has 1 amide bonds. The molecule has 1 fully saturated rings. The van der Waals surface area contributed by atoms with E-state index in [1.54, 1.807) is 6.20 Å². The molecule has 1 aliphatic carbocycles. The number of aryl methyl sites for hydroxylation is 1. The van der Waals surface area contributed by atoms with Gasteiger partial charge in [0.05, 0.1) is 17.6 Å². The molecule has 2 aromatic carbocycles. The fourth-order valence-corrected chi connectivity index (χ4v) is 4.48. The number of carbonyl (C=O) groups is 1. The van der Waals surface area contributed by atoms with E-state index in [4.69, 9.17) is 21.2 Å². The Bertz CT molecular complexity index is 1320. The maximum atomic E-state index is 11.5. The molecule has 0 atom stereocenters. The Morgan fingerprint density at radius 3 is 2.28 bits per heavy atom. The van der Waals surface area contributed by atoms with Crippen LogP contribution in [0.25, 0.3) is 28.2 Å². The number of rotatable bonds is 4. The Kier molecular flexibility index (Phi) is 4.75. The van der Waals surface area contributed by atoms with Gasteiger partial charge in [-0.05, 0) is 44.2 Å². The summed E-state index contributed by atoms with van der Waals surface area (Å²) in [6, 6.07) is 18.5. The van der Waals surface area contributed by atoms with E-state index < -0.39 is 6.09 Å². The molecular formula is C26H26N4O2. The van der Waals surface area contributed by atoms with Crippen LogP contribution in [0.5, 0.6) is 5.75 Å². The van der Waals surface area contributed by atoms with Crippen LogP contribution in [0.15, 0.2) is 60.8 Å². The van der Waals surface area contributed by atoms with Crippen molar-refractivity contribution in [1.82, 2.24) is 9.38 Å². The largest absolute Gasteiger partial charge is 0.410 e. The molecular weight excluding hydrogens is 400 g/mol. The van der Waals surface area contributed by atoms with E-state index in [0.717, 1.165) is 52.1 Å². The lowest BCUT2D eigenvalue weighted by molar-refractivity contribution is 0.210. The van der Waals surface area contributed by atoms with Crippen molar-refractivity contribution in [2.75, 3.05) is 0 Å². The predicted octanol–water partition coefficient (Wildman–Crippen LogP) is 5.08. The summed E-state index contributed by atoms with van der Waals surface area (Å²) in [5.74, 6) is 0.425. The standard InChI is InChI=1S/C26H26N4O2/c1-16-17(2)24-29-22(18-9-11-20(12-10-18)26(28)13-6-14-26)23(19-7-4-3-5-8-19)30(24)15-21(16)32-25(27)31/h3-5,7-12,15H,6,13-14,28H2,1-2H3,(H2,27,31). The molecule has 0 unspecified atom stereocenters. The monoisotopic (exact) mass is 426 g/mol. The first kappa shape index (κ1) is 20.3. The highest BCUT2D eigenvalue weighted by molar-refractivity contribution is 5.83. The van der Waals surface area contributed by atoms with Crippen LogP contribution in [0.2, 0.25) is 0 Å². The molecule has 6 nitrogen and oxygen atoms in total. The van der Waals surface area contributed by atoms with E-state index in [1.807, 2.05) is 48.6 Å². The number of nitrogens with zero attached hydrogens (tertiary/aromatic N) is 2. The molecule has 5 rings (SSSR count). The normalized spacial score (nSPS) is 14.8. The van der Waals surface area contributed by atoms with Crippen LogP contribution in [-0.4, -0.2) is 15.5 Å². The lowest BCUT2D eigenvalue weighted by Gasteiger charge is -2.38. The molecule has 0 aliphatic heterocycles. The van der Waals surface area contributed by atoms with Gasteiger partial charge in [0.25, 0.3) is 0 Å². The summed E-state index contributed by atoms with van der Waals surface area (Å²) in [6.45, 7) is 3.88. The van der Waals surface area contributed by atoms with Gasteiger partial charge in [-0.25, -0.2) is 9.78 Å². The first-order valence-corrected chi connectivity index (χ1v) is 10.8. The maximum absolute atomic E-state index is 11.5. The summed E-state index contributed by atoms with van der Waals surface area (Å²) >= 11 is 0. The number of aromatic nitrogens is 2. The third kappa shape index (κ3) is 3.24. The molecule has 1 aliphatic rings. The number of pyridine rings is 1. The summed E-state index contributed by atoms with van der Waals surface area (Å²) in [6.07, 6.45) is 4.18. The number of primary amides is 1. The zero-order chi connectivity index (χ0) is 22.5. The van der Waals surface area contributed by atoms with Gasteiger partial charge in [0.1, 0.15) is 5.65 Å². The van der Waals surface area contributed by atoms with Crippen molar-refractivity contribution >= 4 is 11.7 Å². The van der Waals surface area contributed by atoms with Crippen molar-refractivity contribution in [1.29, 1.82) is 0 Å². The van der Waals surface area contributed by atoms with Crippen molar-refractivity contribution in [3.63, 3.8) is 0 Å². The van der Waals surface area contributed by atoms with Gasteiger partial charge in [-0.15, -0.1) is 0 Å². The molecule has 32 heavy (non-hydrogen) atoms. The highest BCUT2D eigenvalue weighted by Gasteiger charge is 2.34. The second-order valence-electron chi connectivity index (χ2n) is 8.62. The molecule has 4 aromatic rings. The topological polar surface area (TPSA) is 95.6 Å². The van der Waals surface area contributed by atoms with Crippen LogP contribution >= 0.6 is 0 Å². The van der Waals surface area contributed by atoms with Crippen molar-refractivity contribution in [3.8, 4) is 28.3 Å². The number of hydrogen-bond acceptors (Lipinski definition) is 4. The third-order valence-electron chi connectivity index (χ3n) is 6.66. The third-order valence-corrected chi connectivity index (χ3v) is 6.66. The number of hydrogen-bond donors (Lipinski definition) is 2. The zero-order valence-corrected chi connectivity index (χ0v) is 18.3. The summed E-state index contributed by atoms with van der Waals surface area (Å²) in [4.78, 5) is 16.5. The molecule has 2 heterocycles. The number of benzene rings is 2. The summed E-state index contributed by atoms with van der Waals surface area (Å²) in [7, 11) is 0. The van der Waals surface area contributed by atoms with Crippen LogP contribution in [0, 0.1) is 13.8 Å². The van der Waals surface area contributed by atoms with E-state index in [-0.39, 0.29) is 5.54 Å². The molecule has 0 bridgehead atoms.